The summed E-state index contributed by atoms with van der Waals surface area (Å²) in [5.41, 5.74) is 0. The molecule has 0 saturated carbocycles. The summed E-state index contributed by atoms with van der Waals surface area (Å²) in [7, 11) is -4.64. The molecule has 0 aliphatic heterocycles. The van der Waals surface area contributed by atoms with Crippen molar-refractivity contribution in [3.8, 4) is 0 Å². The SMILES string of the molecule is O=P(O)(O)O.OC[CH2][Na]. The molecule has 0 radical (unpaired) electrons. The van der Waals surface area contributed by atoms with Crippen LogP contribution in [0.25, 0.3) is 0 Å². The molecule has 0 aliphatic rings. The van der Waals surface area contributed by atoms with E-state index in [1.165, 1.54) is 0 Å². The zero-order valence-corrected chi connectivity index (χ0v) is 7.95. The summed E-state index contributed by atoms with van der Waals surface area (Å²) in [6.07, 6.45) is 0. The predicted octanol–water partition coefficient (Wildman–Crippen LogP) is -1.36. The van der Waals surface area contributed by atoms with Crippen LogP contribution in [0.15, 0.2) is 0 Å². The molecule has 5 nitrogen and oxygen atoms in total. The molecule has 0 aromatic heterocycles. The maximum atomic E-state index is 8.88. The van der Waals surface area contributed by atoms with Crippen LogP contribution in [0, 0.1) is 0 Å². The van der Waals surface area contributed by atoms with Crippen LogP contribution in [-0.2, 0) is 4.57 Å². The number of hydrogen-bond donors (Lipinski definition) is 4. The Labute approximate surface area is 70.4 Å². The predicted molar refractivity (Wildman–Crippen MR) is 31.9 cm³/mol. The van der Waals surface area contributed by atoms with E-state index >= 15 is 0 Å². The standard InChI is InChI=1S/C2H5O.Na.H3O4P/c1-2-3;;1-5(2,3)4/h3H,1-2H2;;(H3,1,2,3,4). The Morgan fingerprint density at radius 2 is 1.44 bits per heavy atom. The first-order chi connectivity index (χ1) is 3.91. The third-order valence-corrected chi connectivity index (χ3v) is 0.671. The van der Waals surface area contributed by atoms with Gasteiger partial charge in [-0.3, -0.25) is 0 Å². The van der Waals surface area contributed by atoms with Crippen molar-refractivity contribution in [2.24, 2.45) is 0 Å². The molecule has 7 heteroatoms. The van der Waals surface area contributed by atoms with Crippen molar-refractivity contribution in [2.45, 2.75) is 3.67 Å². The first-order valence-corrected chi connectivity index (χ1v) is 5.29. The minimum atomic E-state index is -4.64. The van der Waals surface area contributed by atoms with Crippen molar-refractivity contribution in [1.29, 1.82) is 0 Å². The molecule has 0 spiro atoms. The molecule has 0 atom stereocenters. The Hall–Kier alpha value is 1.07. The normalized spacial score (nSPS) is 10.0. The second-order valence-corrected chi connectivity index (χ2v) is 3.26. The molecule has 0 heterocycles. The van der Waals surface area contributed by atoms with E-state index in [0.29, 0.717) is 6.61 Å². The van der Waals surface area contributed by atoms with Crippen LogP contribution in [0.1, 0.15) is 0 Å². The third-order valence-electron chi connectivity index (χ3n) is 0.224. The summed E-state index contributed by atoms with van der Waals surface area (Å²) in [6, 6.07) is 0. The van der Waals surface area contributed by atoms with Gasteiger partial charge in [-0.25, -0.2) is 4.57 Å². The van der Waals surface area contributed by atoms with Gasteiger partial charge in [0.2, 0.25) is 0 Å². The zero-order valence-electron chi connectivity index (χ0n) is 5.06. The van der Waals surface area contributed by atoms with Crippen LogP contribution >= 0.6 is 7.82 Å². The third kappa shape index (κ3) is 106. The van der Waals surface area contributed by atoms with Gasteiger partial charge in [-0.05, 0) is 0 Å². The molecule has 0 aromatic rings. The number of aliphatic hydroxyl groups is 1. The first kappa shape index (κ1) is 12.7. The minimum absolute atomic E-state index is 0.381. The Bertz CT molecular complexity index is 78.7. The van der Waals surface area contributed by atoms with Crippen LogP contribution in [0.4, 0.5) is 0 Å². The van der Waals surface area contributed by atoms with E-state index in [2.05, 4.69) is 0 Å². The van der Waals surface area contributed by atoms with E-state index in [-0.39, 0.29) is 0 Å². The van der Waals surface area contributed by atoms with Gasteiger partial charge in [-0.15, -0.1) is 0 Å². The molecule has 0 bridgehead atoms. The molecular weight excluding hydrogens is 158 g/mol. The zero-order chi connectivity index (χ0) is 7.91. The average molecular weight is 166 g/mol. The molecule has 0 aromatic carbocycles. The number of hydrogen-bond acceptors (Lipinski definition) is 2. The van der Waals surface area contributed by atoms with E-state index in [0.717, 1.165) is 31.6 Å². The summed E-state index contributed by atoms with van der Waals surface area (Å²) in [5.74, 6) is 0. The summed E-state index contributed by atoms with van der Waals surface area (Å²) in [4.78, 5) is 21.6. The molecule has 0 aliphatic carbocycles. The van der Waals surface area contributed by atoms with Gasteiger partial charge >= 0.3 is 51.1 Å². The van der Waals surface area contributed by atoms with E-state index < -0.39 is 7.82 Å². The fourth-order valence-electron chi connectivity index (χ4n) is 0. The maximum absolute atomic E-state index is 8.88. The second kappa shape index (κ2) is 7.18. The van der Waals surface area contributed by atoms with E-state index in [1.54, 1.807) is 0 Å². The van der Waals surface area contributed by atoms with Gasteiger partial charge in [0.05, 0.1) is 0 Å². The average Bonchev–Trinajstić information content (AvgIpc) is 1.61. The number of aliphatic hydroxyl groups excluding tert-OH is 1. The molecule has 0 saturated heterocycles. The first-order valence-electron chi connectivity index (χ1n) is 2.31. The van der Waals surface area contributed by atoms with Crippen LogP contribution in [0.3, 0.4) is 0 Å². The fourth-order valence-corrected chi connectivity index (χ4v) is 0. The molecule has 0 rings (SSSR count). The Morgan fingerprint density at radius 1 is 1.33 bits per heavy atom. The molecule has 0 unspecified atom stereocenters. The van der Waals surface area contributed by atoms with Gasteiger partial charge in [0, 0.05) is 0 Å². The van der Waals surface area contributed by atoms with Crippen molar-refractivity contribution >= 4 is 35.8 Å². The van der Waals surface area contributed by atoms with E-state index in [4.69, 9.17) is 24.4 Å². The van der Waals surface area contributed by atoms with Crippen molar-refractivity contribution in [3.63, 3.8) is 0 Å². The van der Waals surface area contributed by atoms with Crippen LogP contribution in [0.5, 0.6) is 0 Å². The number of rotatable bonds is 1. The second-order valence-electron chi connectivity index (χ2n) is 1.24. The van der Waals surface area contributed by atoms with E-state index in [1.807, 2.05) is 0 Å². The Morgan fingerprint density at radius 3 is 1.44 bits per heavy atom. The molecule has 52 valence electrons. The molecular formula is C2H8NaO5P. The van der Waals surface area contributed by atoms with Crippen molar-refractivity contribution in [3.05, 3.63) is 0 Å². The van der Waals surface area contributed by atoms with Crippen molar-refractivity contribution in [1.82, 2.24) is 0 Å². The Kier molecular flexibility index (Phi) is 10.1. The van der Waals surface area contributed by atoms with Crippen LogP contribution in [-0.4, -0.2) is 54.3 Å². The van der Waals surface area contributed by atoms with Gasteiger partial charge in [0.1, 0.15) is 0 Å². The molecule has 0 amide bonds. The summed E-state index contributed by atoms with van der Waals surface area (Å²) in [6.45, 7) is 0.381. The quantitative estimate of drug-likeness (QED) is 0.285. The molecule has 9 heavy (non-hydrogen) atoms. The van der Waals surface area contributed by atoms with Gasteiger partial charge in [-0.1, -0.05) is 0 Å². The summed E-state index contributed by atoms with van der Waals surface area (Å²) in [5, 5.41) is 7.91. The van der Waals surface area contributed by atoms with Crippen LogP contribution in [0.2, 0.25) is 3.67 Å². The van der Waals surface area contributed by atoms with Crippen molar-refractivity contribution in [2.75, 3.05) is 6.61 Å². The summed E-state index contributed by atoms with van der Waals surface area (Å²) < 4.78 is 9.90. The van der Waals surface area contributed by atoms with Gasteiger partial charge in [0.15, 0.2) is 0 Å². The monoisotopic (exact) mass is 166 g/mol. The molecule has 4 N–H and O–H groups in total. The van der Waals surface area contributed by atoms with E-state index in [9.17, 15) is 0 Å². The van der Waals surface area contributed by atoms with Gasteiger partial charge < -0.3 is 14.7 Å². The van der Waals surface area contributed by atoms with Crippen LogP contribution < -0.4 is 0 Å². The Balaban J connectivity index is 0. The molecule has 0 fully saturated rings. The van der Waals surface area contributed by atoms with Gasteiger partial charge in [-0.2, -0.15) is 0 Å². The van der Waals surface area contributed by atoms with Gasteiger partial charge in [0.25, 0.3) is 0 Å². The van der Waals surface area contributed by atoms with Crippen molar-refractivity contribution < 1.29 is 24.4 Å². The topological polar surface area (TPSA) is 98.0 Å². The fraction of sp³-hybridized carbons (Fsp3) is 1.00. The number of phosphoric acid groups is 1. The summed E-state index contributed by atoms with van der Waals surface area (Å²) >= 11 is 1.14.